The Morgan fingerprint density at radius 3 is 1.70 bits per heavy atom. The second kappa shape index (κ2) is 14.9. The molecule has 3 aromatic rings. The molecule has 10 nitrogen and oxygen atoms in total. The van der Waals surface area contributed by atoms with Gasteiger partial charge < -0.3 is 40.5 Å². The summed E-state index contributed by atoms with van der Waals surface area (Å²) in [6.45, 7) is 8.64. The minimum Gasteiger partial charge on any atom is -0.398 e. The van der Waals surface area contributed by atoms with Crippen molar-refractivity contribution in [1.29, 1.82) is 0 Å². The normalized spacial score (nSPS) is 16.7. The first-order valence-corrected chi connectivity index (χ1v) is 15.4. The molecule has 10 heteroatoms. The number of nitrogens with zero attached hydrogens (tertiary/aromatic N) is 4. The van der Waals surface area contributed by atoms with Crippen molar-refractivity contribution in [2.75, 3.05) is 94.0 Å². The monoisotopic (exact) mass is 600 g/mol. The molecular weight excluding hydrogens is 556 g/mol. The van der Waals surface area contributed by atoms with Gasteiger partial charge in [-0.05, 0) is 54.8 Å². The summed E-state index contributed by atoms with van der Waals surface area (Å²) in [4.78, 5) is 33.1. The Bertz CT molecular complexity index is 1400. The maximum Gasteiger partial charge on any atom is 0.255 e. The van der Waals surface area contributed by atoms with Crippen LogP contribution in [0.4, 0.5) is 22.7 Å². The molecule has 3 aromatic carbocycles. The Morgan fingerprint density at radius 2 is 1.20 bits per heavy atom. The Kier molecular flexibility index (Phi) is 10.6. The summed E-state index contributed by atoms with van der Waals surface area (Å²) in [6, 6.07) is 21.4. The average molecular weight is 601 g/mol. The maximum absolute atomic E-state index is 12.7. The van der Waals surface area contributed by atoms with Crippen LogP contribution in [0.15, 0.2) is 66.7 Å². The van der Waals surface area contributed by atoms with Crippen LogP contribution in [0.1, 0.15) is 39.1 Å². The molecule has 0 aliphatic carbocycles. The predicted octanol–water partition coefficient (Wildman–Crippen LogP) is 3.72. The van der Waals surface area contributed by atoms with Gasteiger partial charge in [0.25, 0.3) is 11.8 Å². The highest BCUT2D eigenvalue weighted by Gasteiger charge is 2.22. The molecule has 6 rings (SSSR count). The van der Waals surface area contributed by atoms with Crippen molar-refractivity contribution in [3.8, 4) is 0 Å². The summed E-state index contributed by atoms with van der Waals surface area (Å²) < 4.78 is 10.7. The first kappa shape index (κ1) is 31.2. The van der Waals surface area contributed by atoms with Gasteiger partial charge in [-0.3, -0.25) is 9.59 Å². The lowest BCUT2D eigenvalue weighted by molar-refractivity contribution is 0.0781. The third-order valence-electron chi connectivity index (χ3n) is 8.29. The second-order valence-electron chi connectivity index (χ2n) is 11.4. The Morgan fingerprint density at radius 1 is 0.705 bits per heavy atom. The molecule has 44 heavy (non-hydrogen) atoms. The molecule has 0 bridgehead atoms. The predicted molar refractivity (Wildman–Crippen MR) is 175 cm³/mol. The SMILES string of the molecule is CN(Cc1ccccc1)C(=O)c1ccc(N2CCOCC2)cc1N.Nc1cc(N2CCOCC2)ccc1C(=O)N1CCCC1. The van der Waals surface area contributed by atoms with Gasteiger partial charge >= 0.3 is 0 Å². The molecule has 3 heterocycles. The molecule has 3 saturated heterocycles. The lowest BCUT2D eigenvalue weighted by Gasteiger charge is -2.29. The number of morpholine rings is 2. The van der Waals surface area contributed by atoms with E-state index in [1.54, 1.807) is 11.9 Å². The fourth-order valence-corrected chi connectivity index (χ4v) is 5.75. The minimum absolute atomic E-state index is 0.0635. The number of amides is 2. The van der Waals surface area contributed by atoms with E-state index in [0.29, 0.717) is 29.0 Å². The van der Waals surface area contributed by atoms with Crippen molar-refractivity contribution in [3.05, 3.63) is 83.4 Å². The van der Waals surface area contributed by atoms with Crippen LogP contribution in [-0.4, -0.2) is 94.4 Å². The highest BCUT2D eigenvalue weighted by atomic mass is 16.5. The number of carbonyl (C=O) groups excluding carboxylic acids is 2. The standard InChI is InChI=1S/C19H23N3O2.C15H21N3O2/c1-21(14-15-5-3-2-4-6-15)19(23)17-8-7-16(13-18(17)20)22-9-11-24-12-10-22;16-14-11-12(17-7-9-20-10-8-17)3-4-13(14)15(19)18-5-1-2-6-18/h2-8,13H,9-12,14,20H2,1H3;3-4,11H,1-2,5-10,16H2. The minimum atomic E-state index is -0.0649. The van der Waals surface area contributed by atoms with Crippen LogP contribution >= 0.6 is 0 Å². The summed E-state index contributed by atoms with van der Waals surface area (Å²) in [6.07, 6.45) is 2.19. The van der Waals surface area contributed by atoms with Crippen LogP contribution in [-0.2, 0) is 16.0 Å². The van der Waals surface area contributed by atoms with Crippen LogP contribution in [0.3, 0.4) is 0 Å². The van der Waals surface area contributed by atoms with Crippen molar-refractivity contribution in [2.45, 2.75) is 19.4 Å². The number of anilines is 4. The van der Waals surface area contributed by atoms with Gasteiger partial charge in [-0.1, -0.05) is 30.3 Å². The number of ether oxygens (including phenoxy) is 2. The van der Waals surface area contributed by atoms with Gasteiger partial charge in [-0.25, -0.2) is 0 Å². The van der Waals surface area contributed by atoms with E-state index in [1.165, 1.54) is 0 Å². The molecule has 2 amide bonds. The summed E-state index contributed by atoms with van der Waals surface area (Å²) in [5, 5.41) is 0. The van der Waals surface area contributed by atoms with E-state index in [2.05, 4.69) is 9.80 Å². The Balaban J connectivity index is 0.000000177. The van der Waals surface area contributed by atoms with E-state index in [1.807, 2.05) is 71.6 Å². The molecule has 0 unspecified atom stereocenters. The van der Waals surface area contributed by atoms with Crippen LogP contribution in [0.2, 0.25) is 0 Å². The molecule has 234 valence electrons. The molecule has 0 atom stereocenters. The lowest BCUT2D eigenvalue weighted by atomic mass is 10.1. The van der Waals surface area contributed by atoms with Gasteiger partial charge in [0.05, 0.1) is 37.6 Å². The fraction of sp³-hybridized carbons (Fsp3) is 0.412. The van der Waals surface area contributed by atoms with E-state index >= 15 is 0 Å². The number of hydrogen-bond donors (Lipinski definition) is 2. The third kappa shape index (κ3) is 7.81. The highest BCUT2D eigenvalue weighted by Crippen LogP contribution is 2.25. The molecule has 0 radical (unpaired) electrons. The Labute approximate surface area is 260 Å². The fourth-order valence-electron chi connectivity index (χ4n) is 5.75. The largest absolute Gasteiger partial charge is 0.398 e. The van der Waals surface area contributed by atoms with Gasteiger partial charge in [0, 0.05) is 75.6 Å². The van der Waals surface area contributed by atoms with E-state index in [4.69, 9.17) is 20.9 Å². The first-order valence-electron chi connectivity index (χ1n) is 15.4. The number of nitrogens with two attached hydrogens (primary N) is 2. The van der Waals surface area contributed by atoms with Gasteiger partial charge in [-0.15, -0.1) is 0 Å². The summed E-state index contributed by atoms with van der Waals surface area (Å²) in [7, 11) is 1.80. The summed E-state index contributed by atoms with van der Waals surface area (Å²) >= 11 is 0. The number of hydrogen-bond acceptors (Lipinski definition) is 8. The quantitative estimate of drug-likeness (QED) is 0.411. The smallest absolute Gasteiger partial charge is 0.255 e. The zero-order valence-corrected chi connectivity index (χ0v) is 25.6. The van der Waals surface area contributed by atoms with Gasteiger partial charge in [0.2, 0.25) is 0 Å². The van der Waals surface area contributed by atoms with Crippen molar-refractivity contribution >= 4 is 34.6 Å². The second-order valence-corrected chi connectivity index (χ2v) is 11.4. The van der Waals surface area contributed by atoms with E-state index < -0.39 is 0 Å². The first-order chi connectivity index (χ1) is 21.4. The van der Waals surface area contributed by atoms with Crippen LogP contribution < -0.4 is 21.3 Å². The van der Waals surface area contributed by atoms with Crippen LogP contribution in [0.25, 0.3) is 0 Å². The molecule has 3 aliphatic heterocycles. The average Bonchev–Trinajstić information content (AvgIpc) is 3.61. The number of likely N-dealkylation sites (tertiary alicyclic amines) is 1. The van der Waals surface area contributed by atoms with Gasteiger partial charge in [-0.2, -0.15) is 0 Å². The summed E-state index contributed by atoms with van der Waals surface area (Å²) in [5.74, 6) is -0.00147. The zero-order valence-electron chi connectivity index (χ0n) is 25.6. The van der Waals surface area contributed by atoms with E-state index in [9.17, 15) is 9.59 Å². The molecular formula is C34H44N6O4. The molecule has 0 spiro atoms. The zero-order chi connectivity index (χ0) is 30.9. The van der Waals surface area contributed by atoms with Gasteiger partial charge in [0.1, 0.15) is 0 Å². The number of carbonyl (C=O) groups is 2. The van der Waals surface area contributed by atoms with Crippen molar-refractivity contribution in [3.63, 3.8) is 0 Å². The third-order valence-corrected chi connectivity index (χ3v) is 8.29. The maximum atomic E-state index is 12.7. The van der Waals surface area contributed by atoms with Crippen molar-refractivity contribution in [2.24, 2.45) is 0 Å². The van der Waals surface area contributed by atoms with E-state index in [-0.39, 0.29) is 11.8 Å². The molecule has 3 fully saturated rings. The van der Waals surface area contributed by atoms with Crippen molar-refractivity contribution in [1.82, 2.24) is 9.80 Å². The summed E-state index contributed by atoms with van der Waals surface area (Å²) in [5.41, 5.74) is 17.7. The number of benzene rings is 3. The topological polar surface area (TPSA) is 118 Å². The molecule has 3 aliphatic rings. The molecule has 4 N–H and O–H groups in total. The number of nitrogen functional groups attached to an aromatic ring is 2. The number of rotatable bonds is 6. The highest BCUT2D eigenvalue weighted by molar-refractivity contribution is 6.00. The van der Waals surface area contributed by atoms with Crippen LogP contribution in [0.5, 0.6) is 0 Å². The van der Waals surface area contributed by atoms with Gasteiger partial charge in [0.15, 0.2) is 0 Å². The van der Waals surface area contributed by atoms with Crippen LogP contribution in [0, 0.1) is 0 Å². The lowest BCUT2D eigenvalue weighted by Crippen LogP contribution is -2.36. The van der Waals surface area contributed by atoms with Crippen molar-refractivity contribution < 1.29 is 19.1 Å². The molecule has 0 aromatic heterocycles. The Hall–Kier alpha value is -4.28. The van der Waals surface area contributed by atoms with E-state index in [0.717, 1.165) is 95.5 Å². The molecule has 0 saturated carbocycles.